The third-order valence-corrected chi connectivity index (χ3v) is 3.25. The van der Waals surface area contributed by atoms with Crippen LogP contribution in [-0.4, -0.2) is 15.8 Å². The summed E-state index contributed by atoms with van der Waals surface area (Å²) in [4.78, 5) is 20.5. The van der Waals surface area contributed by atoms with Crippen LogP contribution in [0.25, 0.3) is 10.8 Å². The SMILES string of the molecule is O=C(c1ccncc1Cl)c1cccc2ccncc12. The molecular formula is C15H9ClN2O. The van der Waals surface area contributed by atoms with Gasteiger partial charge in [-0.05, 0) is 17.5 Å². The van der Waals surface area contributed by atoms with Gasteiger partial charge in [-0.3, -0.25) is 14.8 Å². The standard InChI is InChI=1S/C15H9ClN2O/c16-14-9-18-7-5-12(14)15(19)11-3-1-2-10-4-6-17-8-13(10)11/h1-9H. The van der Waals surface area contributed by atoms with Gasteiger partial charge in [-0.2, -0.15) is 0 Å². The molecule has 0 aliphatic heterocycles. The minimum Gasteiger partial charge on any atom is -0.289 e. The smallest absolute Gasteiger partial charge is 0.195 e. The van der Waals surface area contributed by atoms with Gasteiger partial charge in [0.25, 0.3) is 0 Å². The zero-order valence-electron chi connectivity index (χ0n) is 9.88. The molecule has 3 rings (SSSR count). The number of hydrogen-bond donors (Lipinski definition) is 0. The van der Waals surface area contributed by atoms with Crippen molar-refractivity contribution in [2.24, 2.45) is 0 Å². The summed E-state index contributed by atoms with van der Waals surface area (Å²) < 4.78 is 0. The first-order valence-electron chi connectivity index (χ1n) is 5.74. The summed E-state index contributed by atoms with van der Waals surface area (Å²) >= 11 is 6.02. The fraction of sp³-hybridized carbons (Fsp3) is 0. The molecule has 0 atom stereocenters. The summed E-state index contributed by atoms with van der Waals surface area (Å²) in [6, 6.07) is 9.08. The second-order valence-electron chi connectivity index (χ2n) is 4.09. The van der Waals surface area contributed by atoms with Crippen LogP contribution < -0.4 is 0 Å². The van der Waals surface area contributed by atoms with E-state index in [1.165, 1.54) is 6.20 Å². The fourth-order valence-corrected chi connectivity index (χ4v) is 2.22. The normalized spacial score (nSPS) is 10.6. The molecule has 0 bridgehead atoms. The van der Waals surface area contributed by atoms with E-state index in [2.05, 4.69) is 9.97 Å². The molecule has 0 spiro atoms. The molecule has 2 aromatic heterocycles. The molecule has 0 amide bonds. The van der Waals surface area contributed by atoms with E-state index in [1.54, 1.807) is 30.7 Å². The van der Waals surface area contributed by atoms with E-state index in [0.717, 1.165) is 10.8 Å². The lowest BCUT2D eigenvalue weighted by atomic mass is 9.99. The maximum absolute atomic E-state index is 12.5. The molecule has 0 unspecified atom stereocenters. The number of halogens is 1. The fourth-order valence-electron chi connectivity index (χ4n) is 2.02. The Morgan fingerprint density at radius 1 is 0.947 bits per heavy atom. The van der Waals surface area contributed by atoms with E-state index in [0.29, 0.717) is 16.1 Å². The molecule has 0 aliphatic rings. The molecule has 3 nitrogen and oxygen atoms in total. The van der Waals surface area contributed by atoms with Gasteiger partial charge in [0.15, 0.2) is 5.78 Å². The highest BCUT2D eigenvalue weighted by Crippen LogP contribution is 2.23. The minimum absolute atomic E-state index is 0.119. The van der Waals surface area contributed by atoms with Crippen molar-refractivity contribution in [3.05, 3.63) is 71.3 Å². The first kappa shape index (κ1) is 11.8. The van der Waals surface area contributed by atoms with E-state index >= 15 is 0 Å². The van der Waals surface area contributed by atoms with Crippen LogP contribution in [0, 0.1) is 0 Å². The zero-order chi connectivity index (χ0) is 13.2. The molecule has 0 saturated heterocycles. The molecule has 3 aromatic rings. The average molecular weight is 269 g/mol. The van der Waals surface area contributed by atoms with Crippen molar-refractivity contribution in [3.8, 4) is 0 Å². The van der Waals surface area contributed by atoms with Gasteiger partial charge in [0, 0.05) is 41.3 Å². The first-order chi connectivity index (χ1) is 9.27. The number of fused-ring (bicyclic) bond motifs is 1. The van der Waals surface area contributed by atoms with Crippen LogP contribution in [0.2, 0.25) is 5.02 Å². The van der Waals surface area contributed by atoms with Crippen LogP contribution in [0.1, 0.15) is 15.9 Å². The topological polar surface area (TPSA) is 42.9 Å². The summed E-state index contributed by atoms with van der Waals surface area (Å²) in [5, 5.41) is 2.15. The number of rotatable bonds is 2. The summed E-state index contributed by atoms with van der Waals surface area (Å²) in [6.07, 6.45) is 6.42. The monoisotopic (exact) mass is 268 g/mol. The van der Waals surface area contributed by atoms with Crippen molar-refractivity contribution in [2.45, 2.75) is 0 Å². The highest BCUT2D eigenvalue weighted by atomic mass is 35.5. The molecule has 0 N–H and O–H groups in total. The van der Waals surface area contributed by atoms with Crippen LogP contribution >= 0.6 is 11.6 Å². The maximum atomic E-state index is 12.5. The highest BCUT2D eigenvalue weighted by Gasteiger charge is 2.15. The predicted octanol–water partition coefficient (Wildman–Crippen LogP) is 3.51. The van der Waals surface area contributed by atoms with E-state index in [1.807, 2.05) is 18.2 Å². The van der Waals surface area contributed by atoms with Crippen LogP contribution in [0.15, 0.2) is 55.1 Å². The van der Waals surface area contributed by atoms with Gasteiger partial charge in [-0.25, -0.2) is 0 Å². The summed E-state index contributed by atoms with van der Waals surface area (Å²) in [7, 11) is 0. The Balaban J connectivity index is 2.20. The summed E-state index contributed by atoms with van der Waals surface area (Å²) in [5.74, 6) is -0.119. The second-order valence-corrected chi connectivity index (χ2v) is 4.49. The van der Waals surface area contributed by atoms with Crippen molar-refractivity contribution in [1.29, 1.82) is 0 Å². The summed E-state index contributed by atoms with van der Waals surface area (Å²) in [6.45, 7) is 0. The Hall–Kier alpha value is -2.26. The number of nitrogens with zero attached hydrogens (tertiary/aromatic N) is 2. The van der Waals surface area contributed by atoms with Crippen LogP contribution in [0.4, 0.5) is 0 Å². The van der Waals surface area contributed by atoms with E-state index in [9.17, 15) is 4.79 Å². The van der Waals surface area contributed by atoms with Gasteiger partial charge < -0.3 is 0 Å². The van der Waals surface area contributed by atoms with E-state index in [-0.39, 0.29) is 5.78 Å². The van der Waals surface area contributed by atoms with E-state index < -0.39 is 0 Å². The number of benzene rings is 1. The molecule has 0 fully saturated rings. The molecule has 1 aromatic carbocycles. The number of pyridine rings is 2. The third kappa shape index (κ3) is 2.09. The predicted molar refractivity (Wildman–Crippen MR) is 74.4 cm³/mol. The molecule has 19 heavy (non-hydrogen) atoms. The lowest BCUT2D eigenvalue weighted by Crippen LogP contribution is -2.03. The highest BCUT2D eigenvalue weighted by molar-refractivity contribution is 6.35. The molecule has 92 valence electrons. The minimum atomic E-state index is -0.119. The number of carbonyl (C=O) groups is 1. The number of ketones is 1. The molecule has 0 saturated carbocycles. The lowest BCUT2D eigenvalue weighted by molar-refractivity contribution is 0.104. The van der Waals surface area contributed by atoms with E-state index in [4.69, 9.17) is 11.6 Å². The molecule has 2 heterocycles. The molecule has 0 radical (unpaired) electrons. The van der Waals surface area contributed by atoms with Gasteiger partial charge >= 0.3 is 0 Å². The van der Waals surface area contributed by atoms with Crippen molar-refractivity contribution in [3.63, 3.8) is 0 Å². The maximum Gasteiger partial charge on any atom is 0.195 e. The Labute approximate surface area is 114 Å². The molecule has 0 aliphatic carbocycles. The second kappa shape index (κ2) is 4.78. The third-order valence-electron chi connectivity index (χ3n) is 2.95. The average Bonchev–Trinajstić information content (AvgIpc) is 2.46. The Morgan fingerprint density at radius 2 is 1.74 bits per heavy atom. The number of hydrogen-bond acceptors (Lipinski definition) is 3. The van der Waals surface area contributed by atoms with Gasteiger partial charge in [-0.15, -0.1) is 0 Å². The quantitative estimate of drug-likeness (QED) is 0.668. The van der Waals surface area contributed by atoms with Gasteiger partial charge in [0.1, 0.15) is 0 Å². The van der Waals surface area contributed by atoms with Crippen LogP contribution in [-0.2, 0) is 0 Å². The lowest BCUT2D eigenvalue weighted by Gasteiger charge is -2.06. The number of aromatic nitrogens is 2. The van der Waals surface area contributed by atoms with Crippen molar-refractivity contribution >= 4 is 28.2 Å². The van der Waals surface area contributed by atoms with Gasteiger partial charge in [0.2, 0.25) is 0 Å². The molecule has 4 heteroatoms. The Bertz CT molecular complexity index is 765. The van der Waals surface area contributed by atoms with Crippen molar-refractivity contribution in [1.82, 2.24) is 9.97 Å². The van der Waals surface area contributed by atoms with Crippen molar-refractivity contribution in [2.75, 3.05) is 0 Å². The Morgan fingerprint density at radius 3 is 2.58 bits per heavy atom. The largest absolute Gasteiger partial charge is 0.289 e. The zero-order valence-corrected chi connectivity index (χ0v) is 10.6. The van der Waals surface area contributed by atoms with Crippen LogP contribution in [0.3, 0.4) is 0 Å². The van der Waals surface area contributed by atoms with Crippen LogP contribution in [0.5, 0.6) is 0 Å². The molecular weight excluding hydrogens is 260 g/mol. The summed E-state index contributed by atoms with van der Waals surface area (Å²) in [5.41, 5.74) is 1.05. The number of carbonyl (C=O) groups excluding carboxylic acids is 1. The Kier molecular flexibility index (Phi) is 2.97. The van der Waals surface area contributed by atoms with Gasteiger partial charge in [-0.1, -0.05) is 29.8 Å². The van der Waals surface area contributed by atoms with Crippen molar-refractivity contribution < 1.29 is 4.79 Å². The van der Waals surface area contributed by atoms with Gasteiger partial charge in [0.05, 0.1) is 5.02 Å². The first-order valence-corrected chi connectivity index (χ1v) is 6.12.